The van der Waals surface area contributed by atoms with Gasteiger partial charge in [0.05, 0.1) is 126 Å². The number of rotatable bonds is 39. The summed E-state index contributed by atoms with van der Waals surface area (Å²) in [6.45, 7) is 4.40. The third-order valence-corrected chi connectivity index (χ3v) is 20.9. The van der Waals surface area contributed by atoms with E-state index in [9.17, 15) is 84.3 Å². The molecule has 0 radical (unpaired) electrons. The molecule has 1 fully saturated rings. The maximum atomic E-state index is 15.2. The van der Waals surface area contributed by atoms with E-state index in [1.54, 1.807) is 6.92 Å². The van der Waals surface area contributed by atoms with Crippen molar-refractivity contribution in [2.24, 2.45) is 0 Å². The zero-order chi connectivity index (χ0) is 71.8. The lowest BCUT2D eigenvalue weighted by atomic mass is 9.72. The Morgan fingerprint density at radius 2 is 1.05 bits per heavy atom. The second-order valence-corrected chi connectivity index (χ2v) is 30.2. The Morgan fingerprint density at radius 1 is 0.571 bits per heavy atom. The van der Waals surface area contributed by atoms with Crippen LogP contribution in [-0.2, 0) is 123 Å². The minimum absolute atomic E-state index is 0.00839. The molecular weight excluding hydrogens is 1400 g/mol. The molecule has 3 aliphatic heterocycles. The molecule has 2 atom stereocenters. The predicted octanol–water partition coefficient (Wildman–Crippen LogP) is 2.44. The molecule has 2 amide bonds. The van der Waals surface area contributed by atoms with Crippen molar-refractivity contribution < 1.29 is 136 Å². The summed E-state index contributed by atoms with van der Waals surface area (Å²) in [6.07, 6.45) is 0.337. The number of benzene rings is 4. The van der Waals surface area contributed by atoms with Crippen molar-refractivity contribution in [1.82, 2.24) is 5.06 Å². The Labute approximate surface area is 565 Å². The third kappa shape index (κ3) is 17.9. The first-order valence-corrected chi connectivity index (χ1v) is 37.6. The van der Waals surface area contributed by atoms with Gasteiger partial charge in [-0.15, -0.1) is 5.06 Å². The van der Waals surface area contributed by atoms with Gasteiger partial charge in [-0.05, 0) is 104 Å². The average Bonchev–Trinajstić information content (AvgIpc) is 1.53. The molecule has 4 aromatic carbocycles. The number of Topliss-reactive ketones (excluding diaryl/α,β-unsaturated/α-hetero) is 1. The number of imide groups is 1. The van der Waals surface area contributed by atoms with Crippen molar-refractivity contribution >= 4 is 113 Å². The number of carbonyl (C=O) groups is 4. The summed E-state index contributed by atoms with van der Waals surface area (Å²) < 4.78 is 237. The maximum absolute atomic E-state index is 15.2. The molecule has 8 rings (SSSR count). The molecule has 0 aromatic heterocycles. The molecule has 4 aromatic rings. The monoisotopic (exact) mass is 1470 g/mol. The van der Waals surface area contributed by atoms with Crippen molar-refractivity contribution in [3.63, 3.8) is 0 Å². The van der Waals surface area contributed by atoms with Gasteiger partial charge < -0.3 is 75.5 Å². The topological polar surface area (TPSA) is 467 Å². The summed E-state index contributed by atoms with van der Waals surface area (Å²) in [4.78, 5) is 55.5. The highest BCUT2D eigenvalue weighted by Gasteiger charge is 2.52. The minimum atomic E-state index is -5.58. The van der Waals surface area contributed by atoms with E-state index < -0.39 is 140 Å². The Morgan fingerprint density at radius 3 is 1.53 bits per heavy atom. The second-order valence-electron chi connectivity index (χ2n) is 23.2. The molecule has 2 unspecified atom stereocenters. The molecule has 3 heterocycles. The fourth-order valence-electron chi connectivity index (χ4n) is 12.2. The number of hydroxylamine groups is 2. The van der Waals surface area contributed by atoms with E-state index in [4.69, 9.17) is 42.7 Å². The molecule has 0 saturated carbocycles. The number of allylic oxidation sites excluding steroid dienone is 5. The number of ketones is 1. The standard InChI is InChI=1S/C61H75N3O29S5/c1-60(14-6-32-94(70,71)72)51(63(17-19-88-25-27-92-31-29-90-23-21-86-4)48-11-9-41-43(56(48)60)33-39(95(73,74)75)35-49(41)97(79,80)81)37-45-58(68)46(59(45)69)38-52-61(2,15-18-87-24-26-91-30-28-89-22-20-85-3)57-44-34-40(96(76,77)78)36-50(98(82,83)84)42(44)8-10-47(57)62(52)16-5-7-55(67)93-64-53(65)12-13-54(64)66/h8-11,33-38H,5-7,12-32H2,1-4H3,(H5-,68,69,70,71,72,73,74,75,76,77,78,79,80,81,82,83,84)/p-4. The van der Waals surface area contributed by atoms with Crippen LogP contribution in [0.25, 0.3) is 21.5 Å². The second kappa shape index (κ2) is 31.9. The molecule has 0 bridgehead atoms. The molecule has 4 aliphatic rings. The Hall–Kier alpha value is -6.60. The molecule has 37 heteroatoms. The molecule has 1 aliphatic carbocycles. The van der Waals surface area contributed by atoms with Gasteiger partial charge in [0.1, 0.15) is 52.8 Å². The van der Waals surface area contributed by atoms with E-state index in [0.717, 1.165) is 18.2 Å². The van der Waals surface area contributed by atoms with Crippen LogP contribution in [-0.4, -0.2) is 234 Å². The molecule has 1 saturated heterocycles. The summed E-state index contributed by atoms with van der Waals surface area (Å²) in [5.74, 6) is -5.21. The van der Waals surface area contributed by atoms with Gasteiger partial charge in [0.25, 0.3) is 11.8 Å². The molecule has 32 nitrogen and oxygen atoms in total. The van der Waals surface area contributed by atoms with Crippen LogP contribution in [0.3, 0.4) is 0 Å². The first-order chi connectivity index (χ1) is 46.1. The van der Waals surface area contributed by atoms with E-state index in [-0.39, 0.29) is 167 Å². The number of methoxy groups -OCH3 is 2. The summed E-state index contributed by atoms with van der Waals surface area (Å²) in [7, 11) is -24.2. The number of hydrogen-bond acceptors (Lipinski definition) is 30. The van der Waals surface area contributed by atoms with Crippen LogP contribution in [0.5, 0.6) is 0 Å². The molecular formula is C61H71N3O29S5-4. The lowest BCUT2D eigenvalue weighted by Gasteiger charge is -2.32. The number of nitrogens with zero attached hydrogens (tertiary/aromatic N) is 3. The van der Waals surface area contributed by atoms with Crippen LogP contribution in [0.15, 0.2) is 103 Å². The molecule has 1 N–H and O–H groups in total. The van der Waals surface area contributed by atoms with Gasteiger partial charge in [-0.2, -0.15) is 4.58 Å². The van der Waals surface area contributed by atoms with Crippen LogP contribution in [0.1, 0.15) is 69.9 Å². The van der Waals surface area contributed by atoms with Crippen LogP contribution in [0.2, 0.25) is 0 Å². The first kappa shape index (κ1) is 77.1. The fraction of sp³-hybridized carbons (Fsp3) is 0.492. The van der Waals surface area contributed by atoms with E-state index in [1.165, 1.54) is 61.0 Å². The van der Waals surface area contributed by atoms with Gasteiger partial charge in [0.2, 0.25) is 11.5 Å². The van der Waals surface area contributed by atoms with Crippen LogP contribution >= 0.6 is 0 Å². The van der Waals surface area contributed by atoms with Crippen molar-refractivity contribution in [2.45, 2.75) is 89.2 Å². The van der Waals surface area contributed by atoms with Crippen molar-refractivity contribution in [3.8, 4) is 0 Å². The number of carbonyl (C=O) groups excluding carboxylic acids is 4. The van der Waals surface area contributed by atoms with E-state index in [0.29, 0.717) is 43.6 Å². The van der Waals surface area contributed by atoms with Gasteiger partial charge >= 0.3 is 5.97 Å². The van der Waals surface area contributed by atoms with E-state index >= 15 is 4.79 Å². The number of aliphatic hydroxyl groups excluding tert-OH is 1. The normalized spacial score (nSPS) is 19.3. The van der Waals surface area contributed by atoms with E-state index in [2.05, 4.69) is 0 Å². The van der Waals surface area contributed by atoms with Gasteiger partial charge in [0, 0.05) is 92.3 Å². The highest BCUT2D eigenvalue weighted by Crippen LogP contribution is 2.55. The van der Waals surface area contributed by atoms with Gasteiger partial charge in [0.15, 0.2) is 12.3 Å². The molecule has 0 spiro atoms. The Bertz CT molecular complexity index is 4480. The number of aliphatic hydroxyl groups is 1. The number of ether oxygens (including phenoxy) is 8. The molecule has 538 valence electrons. The molecule has 98 heavy (non-hydrogen) atoms. The summed E-state index contributed by atoms with van der Waals surface area (Å²) in [5.41, 5.74) is -3.94. The smallest absolute Gasteiger partial charge is 0.333 e. The number of anilines is 1. The fourth-order valence-corrected chi connectivity index (χ4v) is 15.3. The maximum Gasteiger partial charge on any atom is 0.333 e. The van der Waals surface area contributed by atoms with Gasteiger partial charge in [-0.1, -0.05) is 6.07 Å². The SMILES string of the molecule is COCCOCCOCCOCC[N+]1=C(C=C2C(=O)C(/C=C3/N(CCCC(=O)ON4C(=O)CCC4=O)c4ccc5c(S(=O)(=O)[O-])cc(S(=O)(=O)[O-])cc5c4C3(C)CCOCCOCCOCCOC)=C2O)C(C)(CCCS(=O)(=O)[O-])c2c1ccc1c(S(=O)(=O)[O-])cc(S(=O)(=O)[O-])cc21. The predicted molar refractivity (Wildman–Crippen MR) is 336 cm³/mol. The summed E-state index contributed by atoms with van der Waals surface area (Å²) >= 11 is 0. The Kier molecular flexibility index (Phi) is 25.1. The zero-order valence-electron chi connectivity index (χ0n) is 53.5. The van der Waals surface area contributed by atoms with Crippen molar-refractivity contribution in [1.29, 1.82) is 0 Å². The lowest BCUT2D eigenvalue weighted by molar-refractivity contribution is -0.442. The Balaban J connectivity index is 1.29. The number of hydrogen-bond donors (Lipinski definition) is 1. The average molecular weight is 1470 g/mol. The zero-order valence-corrected chi connectivity index (χ0v) is 57.6. The lowest BCUT2D eigenvalue weighted by Crippen LogP contribution is -2.35. The largest absolute Gasteiger partial charge is 0.748 e. The number of fused-ring (bicyclic) bond motifs is 6. The van der Waals surface area contributed by atoms with E-state index in [1.807, 2.05) is 0 Å². The quantitative estimate of drug-likeness (QED) is 0.0220. The van der Waals surface area contributed by atoms with Gasteiger partial charge in [-0.25, -0.2) is 46.9 Å². The minimum Gasteiger partial charge on any atom is -0.748 e. The van der Waals surface area contributed by atoms with Crippen molar-refractivity contribution in [3.05, 3.63) is 94.4 Å². The van der Waals surface area contributed by atoms with Crippen LogP contribution in [0, 0.1) is 0 Å². The summed E-state index contributed by atoms with van der Waals surface area (Å²) in [6, 6.07) is 7.57. The van der Waals surface area contributed by atoms with Crippen molar-refractivity contribution in [2.75, 3.05) is 130 Å². The van der Waals surface area contributed by atoms with Crippen LogP contribution in [0.4, 0.5) is 11.4 Å². The summed E-state index contributed by atoms with van der Waals surface area (Å²) in [5, 5.41) is 11.5. The van der Waals surface area contributed by atoms with Gasteiger partial charge in [-0.3, -0.25) is 14.4 Å². The highest BCUT2D eigenvalue weighted by molar-refractivity contribution is 7.87. The third-order valence-electron chi connectivity index (χ3n) is 16.8. The van der Waals surface area contributed by atoms with Crippen LogP contribution < -0.4 is 4.90 Å². The number of amides is 2. The first-order valence-electron chi connectivity index (χ1n) is 30.4. The highest BCUT2D eigenvalue weighted by atomic mass is 32.2.